The summed E-state index contributed by atoms with van der Waals surface area (Å²) in [5.41, 5.74) is -0.658. The van der Waals surface area contributed by atoms with Gasteiger partial charge in [0.1, 0.15) is 5.82 Å². The van der Waals surface area contributed by atoms with E-state index in [-0.39, 0.29) is 16.8 Å². The van der Waals surface area contributed by atoms with Crippen LogP contribution < -0.4 is 5.32 Å². The van der Waals surface area contributed by atoms with E-state index < -0.39 is 30.0 Å². The SMILES string of the molecule is Cn1cc(CC(=O)Nc2cccc(F)c2-c2ccc(Cl)cc2)c(C(F)(F)F)n1. The van der Waals surface area contributed by atoms with Crippen LogP contribution in [0.5, 0.6) is 0 Å². The van der Waals surface area contributed by atoms with Crippen molar-refractivity contribution in [1.82, 2.24) is 9.78 Å². The molecule has 0 fully saturated rings. The van der Waals surface area contributed by atoms with Gasteiger partial charge in [-0.25, -0.2) is 4.39 Å². The number of hydrogen-bond acceptors (Lipinski definition) is 2. The summed E-state index contributed by atoms with van der Waals surface area (Å²) in [5, 5.41) is 6.31. The fourth-order valence-corrected chi connectivity index (χ4v) is 2.94. The average Bonchev–Trinajstić information content (AvgIpc) is 2.97. The molecule has 1 aromatic heterocycles. The number of aryl methyl sites for hydroxylation is 1. The molecule has 0 spiro atoms. The second kappa shape index (κ2) is 7.63. The van der Waals surface area contributed by atoms with Crippen LogP contribution in [0.2, 0.25) is 5.02 Å². The Labute approximate surface area is 162 Å². The Morgan fingerprint density at radius 3 is 2.50 bits per heavy atom. The maximum atomic E-state index is 14.4. The summed E-state index contributed by atoms with van der Waals surface area (Å²) in [7, 11) is 1.34. The first-order valence-corrected chi connectivity index (χ1v) is 8.47. The fraction of sp³-hybridized carbons (Fsp3) is 0.158. The van der Waals surface area contributed by atoms with Crippen LogP contribution in [-0.2, 0) is 24.4 Å². The number of aromatic nitrogens is 2. The number of hydrogen-bond donors (Lipinski definition) is 1. The van der Waals surface area contributed by atoms with Crippen LogP contribution in [0.3, 0.4) is 0 Å². The third-order valence-corrected chi connectivity index (χ3v) is 4.20. The van der Waals surface area contributed by atoms with Crippen molar-refractivity contribution in [1.29, 1.82) is 0 Å². The first-order valence-electron chi connectivity index (χ1n) is 8.09. The predicted octanol–water partition coefficient (Wildman–Crippen LogP) is 5.08. The molecule has 0 aliphatic heterocycles. The zero-order chi connectivity index (χ0) is 20.5. The van der Waals surface area contributed by atoms with Gasteiger partial charge in [0.15, 0.2) is 5.69 Å². The third kappa shape index (κ3) is 4.33. The highest BCUT2D eigenvalue weighted by Gasteiger charge is 2.37. The van der Waals surface area contributed by atoms with Crippen molar-refractivity contribution in [2.45, 2.75) is 12.6 Å². The van der Waals surface area contributed by atoms with Gasteiger partial charge >= 0.3 is 6.18 Å². The zero-order valence-corrected chi connectivity index (χ0v) is 15.3. The summed E-state index contributed by atoms with van der Waals surface area (Å²) >= 11 is 5.84. The van der Waals surface area contributed by atoms with E-state index in [1.807, 2.05) is 0 Å². The van der Waals surface area contributed by atoms with E-state index in [4.69, 9.17) is 11.6 Å². The van der Waals surface area contributed by atoms with Crippen LogP contribution in [0.1, 0.15) is 11.3 Å². The van der Waals surface area contributed by atoms with Gasteiger partial charge in [-0.2, -0.15) is 18.3 Å². The molecule has 1 amide bonds. The second-order valence-corrected chi connectivity index (χ2v) is 6.51. The van der Waals surface area contributed by atoms with Gasteiger partial charge in [-0.05, 0) is 29.8 Å². The van der Waals surface area contributed by atoms with Crippen LogP contribution in [0, 0.1) is 5.82 Å². The van der Waals surface area contributed by atoms with Crippen molar-refractivity contribution >= 4 is 23.2 Å². The normalized spacial score (nSPS) is 11.5. The first-order chi connectivity index (χ1) is 13.1. The molecule has 0 aliphatic carbocycles. The molecule has 3 aromatic rings. The number of nitrogens with zero attached hydrogens (tertiary/aromatic N) is 2. The van der Waals surface area contributed by atoms with Crippen molar-refractivity contribution in [3.63, 3.8) is 0 Å². The van der Waals surface area contributed by atoms with Crippen LogP contribution in [0.4, 0.5) is 23.2 Å². The molecule has 3 rings (SSSR count). The topological polar surface area (TPSA) is 46.9 Å². The summed E-state index contributed by atoms with van der Waals surface area (Å²) in [5.74, 6) is -1.31. The van der Waals surface area contributed by atoms with Gasteiger partial charge in [-0.1, -0.05) is 29.8 Å². The molecule has 0 bridgehead atoms. The van der Waals surface area contributed by atoms with Gasteiger partial charge in [-0.3, -0.25) is 9.48 Å². The van der Waals surface area contributed by atoms with Crippen molar-refractivity contribution in [2.75, 3.05) is 5.32 Å². The number of halogens is 5. The molecule has 0 unspecified atom stereocenters. The highest BCUT2D eigenvalue weighted by atomic mass is 35.5. The summed E-state index contributed by atoms with van der Waals surface area (Å²) < 4.78 is 54.5. The Kier molecular flexibility index (Phi) is 5.42. The van der Waals surface area contributed by atoms with Crippen molar-refractivity contribution in [3.8, 4) is 11.1 Å². The standard InChI is InChI=1S/C19H14ClF4N3O/c1-27-10-12(18(26-27)19(22,23)24)9-16(28)25-15-4-2-3-14(21)17(15)11-5-7-13(20)8-6-11/h2-8,10H,9H2,1H3,(H,25,28). The van der Waals surface area contributed by atoms with E-state index >= 15 is 0 Å². The molecular weight excluding hydrogens is 398 g/mol. The predicted molar refractivity (Wildman–Crippen MR) is 97.4 cm³/mol. The molecule has 1 heterocycles. The quantitative estimate of drug-likeness (QED) is 0.609. The first kappa shape index (κ1) is 19.9. The van der Waals surface area contributed by atoms with Gasteiger partial charge < -0.3 is 5.32 Å². The van der Waals surface area contributed by atoms with Gasteiger partial charge in [0.2, 0.25) is 5.91 Å². The number of rotatable bonds is 4. The van der Waals surface area contributed by atoms with Gasteiger partial charge in [0.25, 0.3) is 0 Å². The van der Waals surface area contributed by atoms with E-state index in [1.165, 1.54) is 25.2 Å². The Bertz CT molecular complexity index is 1010. The molecule has 28 heavy (non-hydrogen) atoms. The Morgan fingerprint density at radius 2 is 1.86 bits per heavy atom. The summed E-state index contributed by atoms with van der Waals surface area (Å²) in [6.45, 7) is 0. The van der Waals surface area contributed by atoms with E-state index in [0.29, 0.717) is 10.6 Å². The van der Waals surface area contributed by atoms with E-state index in [0.717, 1.165) is 10.9 Å². The average molecular weight is 412 g/mol. The minimum atomic E-state index is -4.68. The summed E-state index contributed by atoms with van der Waals surface area (Å²) in [6, 6.07) is 10.4. The maximum absolute atomic E-state index is 14.4. The van der Waals surface area contributed by atoms with Gasteiger partial charge in [0.05, 0.1) is 12.1 Å². The minimum absolute atomic E-state index is 0.120. The number of carbonyl (C=O) groups is 1. The molecular formula is C19H14ClF4N3O. The Hall–Kier alpha value is -2.87. The maximum Gasteiger partial charge on any atom is 0.435 e. The van der Waals surface area contributed by atoms with E-state index in [9.17, 15) is 22.4 Å². The van der Waals surface area contributed by atoms with Crippen LogP contribution in [0.25, 0.3) is 11.1 Å². The molecule has 0 aliphatic rings. The highest BCUT2D eigenvalue weighted by Crippen LogP contribution is 2.33. The number of carbonyl (C=O) groups excluding carboxylic acids is 1. The molecule has 1 N–H and O–H groups in total. The van der Waals surface area contributed by atoms with E-state index in [1.54, 1.807) is 24.3 Å². The summed E-state index contributed by atoms with van der Waals surface area (Å²) in [6.07, 6.45) is -4.10. The monoisotopic (exact) mass is 411 g/mol. The van der Waals surface area contributed by atoms with Crippen LogP contribution in [-0.4, -0.2) is 15.7 Å². The molecule has 4 nitrogen and oxygen atoms in total. The third-order valence-electron chi connectivity index (χ3n) is 3.94. The summed E-state index contributed by atoms with van der Waals surface area (Å²) in [4.78, 5) is 12.4. The van der Waals surface area contributed by atoms with E-state index in [2.05, 4.69) is 10.4 Å². The highest BCUT2D eigenvalue weighted by molar-refractivity contribution is 6.30. The number of alkyl halides is 3. The number of nitrogens with one attached hydrogen (secondary N) is 1. The Balaban J connectivity index is 1.88. The lowest BCUT2D eigenvalue weighted by Gasteiger charge is -2.13. The molecule has 146 valence electrons. The van der Waals surface area contributed by atoms with Crippen molar-refractivity contribution in [3.05, 3.63) is 70.8 Å². The molecule has 0 saturated carbocycles. The number of benzene rings is 2. The number of anilines is 1. The fourth-order valence-electron chi connectivity index (χ4n) is 2.81. The smallest absolute Gasteiger partial charge is 0.325 e. The molecule has 0 radical (unpaired) electrons. The van der Waals surface area contributed by atoms with Crippen LogP contribution >= 0.6 is 11.6 Å². The van der Waals surface area contributed by atoms with Gasteiger partial charge in [0, 0.05) is 29.4 Å². The molecule has 0 atom stereocenters. The van der Waals surface area contributed by atoms with Crippen molar-refractivity contribution < 1.29 is 22.4 Å². The molecule has 2 aromatic carbocycles. The zero-order valence-electron chi connectivity index (χ0n) is 14.5. The lowest BCUT2D eigenvalue weighted by atomic mass is 10.0. The lowest BCUT2D eigenvalue weighted by Crippen LogP contribution is -2.18. The van der Waals surface area contributed by atoms with Crippen LogP contribution in [0.15, 0.2) is 48.7 Å². The Morgan fingerprint density at radius 1 is 1.18 bits per heavy atom. The second-order valence-electron chi connectivity index (χ2n) is 6.07. The lowest BCUT2D eigenvalue weighted by molar-refractivity contribution is -0.142. The molecule has 0 saturated heterocycles. The number of amides is 1. The minimum Gasteiger partial charge on any atom is -0.325 e. The van der Waals surface area contributed by atoms with Gasteiger partial charge in [-0.15, -0.1) is 0 Å². The molecule has 9 heteroatoms. The largest absolute Gasteiger partial charge is 0.435 e. The van der Waals surface area contributed by atoms with Crippen molar-refractivity contribution in [2.24, 2.45) is 7.05 Å².